The summed E-state index contributed by atoms with van der Waals surface area (Å²) in [6.45, 7) is 6.61. The van der Waals surface area contributed by atoms with Crippen LogP contribution in [0.25, 0.3) is 0 Å². The lowest BCUT2D eigenvalue weighted by molar-refractivity contribution is 0.170. The number of hydrogen-bond acceptors (Lipinski definition) is 3. The molecular formula is C10H22N2O. The van der Waals surface area contributed by atoms with Crippen LogP contribution in [0.4, 0.5) is 0 Å². The molecule has 1 rings (SSSR count). The van der Waals surface area contributed by atoms with Crippen LogP contribution in [0.1, 0.15) is 13.3 Å². The Balaban J connectivity index is 2.05. The summed E-state index contributed by atoms with van der Waals surface area (Å²) >= 11 is 0. The van der Waals surface area contributed by atoms with Gasteiger partial charge in [0.15, 0.2) is 0 Å². The number of hydrogen-bond donors (Lipinski definition) is 1. The molecule has 0 aromatic heterocycles. The topological polar surface area (TPSA) is 24.5 Å². The summed E-state index contributed by atoms with van der Waals surface area (Å²) in [6.07, 6.45) is 1.34. The molecule has 0 amide bonds. The number of ether oxygens (including phenoxy) is 1. The molecule has 0 spiro atoms. The van der Waals surface area contributed by atoms with E-state index in [0.29, 0.717) is 6.04 Å². The highest BCUT2D eigenvalue weighted by Gasteiger charge is 2.19. The maximum absolute atomic E-state index is 5.07. The van der Waals surface area contributed by atoms with Crippen molar-refractivity contribution >= 4 is 0 Å². The Kier molecular flexibility index (Phi) is 4.70. The lowest BCUT2D eigenvalue weighted by atomic mass is 10.1. The zero-order valence-electron chi connectivity index (χ0n) is 9.05. The van der Waals surface area contributed by atoms with Crippen LogP contribution in [-0.4, -0.2) is 51.3 Å². The predicted octanol–water partition coefficient (Wildman–Crippen LogP) is 0.563. The molecule has 0 aliphatic carbocycles. The molecule has 1 N–H and O–H groups in total. The van der Waals surface area contributed by atoms with Crippen LogP contribution in [0.5, 0.6) is 0 Å². The predicted molar refractivity (Wildman–Crippen MR) is 54.9 cm³/mol. The summed E-state index contributed by atoms with van der Waals surface area (Å²) in [6, 6.07) is 0.482. The van der Waals surface area contributed by atoms with Crippen molar-refractivity contribution in [2.45, 2.75) is 19.4 Å². The molecule has 3 heteroatoms. The second-order valence-corrected chi connectivity index (χ2v) is 4.18. The van der Waals surface area contributed by atoms with Crippen molar-refractivity contribution in [2.75, 3.05) is 40.4 Å². The molecule has 0 radical (unpaired) electrons. The molecule has 0 bridgehead atoms. The maximum atomic E-state index is 5.07. The SMILES string of the molecule is COCC(C)NCC1CCN(C)C1. The summed E-state index contributed by atoms with van der Waals surface area (Å²) in [5.74, 6) is 0.837. The molecular weight excluding hydrogens is 164 g/mol. The van der Waals surface area contributed by atoms with Gasteiger partial charge in [0.1, 0.15) is 0 Å². The minimum Gasteiger partial charge on any atom is -0.383 e. The number of likely N-dealkylation sites (tertiary alicyclic amines) is 1. The summed E-state index contributed by atoms with van der Waals surface area (Å²) < 4.78 is 5.07. The number of methoxy groups -OCH3 is 1. The summed E-state index contributed by atoms with van der Waals surface area (Å²) in [5, 5.41) is 3.49. The minimum atomic E-state index is 0.482. The van der Waals surface area contributed by atoms with Crippen LogP contribution < -0.4 is 5.32 Å². The Morgan fingerprint density at radius 3 is 2.92 bits per heavy atom. The first kappa shape index (κ1) is 11.0. The molecule has 78 valence electrons. The van der Waals surface area contributed by atoms with E-state index in [4.69, 9.17) is 4.74 Å². The Bertz CT molecular complexity index is 141. The van der Waals surface area contributed by atoms with Gasteiger partial charge in [-0.25, -0.2) is 0 Å². The quantitative estimate of drug-likeness (QED) is 0.679. The standard InChI is InChI=1S/C10H22N2O/c1-9(8-13-3)11-6-10-4-5-12(2)7-10/h9-11H,4-8H2,1-3H3. The summed E-state index contributed by atoms with van der Waals surface area (Å²) in [4.78, 5) is 2.40. The van der Waals surface area contributed by atoms with Gasteiger partial charge in [-0.3, -0.25) is 0 Å². The molecule has 13 heavy (non-hydrogen) atoms. The average Bonchev–Trinajstić information content (AvgIpc) is 2.49. The van der Waals surface area contributed by atoms with E-state index in [1.54, 1.807) is 7.11 Å². The highest BCUT2D eigenvalue weighted by atomic mass is 16.5. The molecule has 0 aromatic carbocycles. The minimum absolute atomic E-state index is 0.482. The van der Waals surface area contributed by atoms with E-state index in [9.17, 15) is 0 Å². The van der Waals surface area contributed by atoms with Gasteiger partial charge in [-0.2, -0.15) is 0 Å². The van der Waals surface area contributed by atoms with Crippen molar-refractivity contribution in [1.29, 1.82) is 0 Å². The fourth-order valence-corrected chi connectivity index (χ4v) is 1.87. The van der Waals surface area contributed by atoms with Crippen molar-refractivity contribution < 1.29 is 4.74 Å². The van der Waals surface area contributed by atoms with Crippen molar-refractivity contribution in [1.82, 2.24) is 10.2 Å². The monoisotopic (exact) mass is 186 g/mol. The zero-order chi connectivity index (χ0) is 9.68. The van der Waals surface area contributed by atoms with Gasteiger partial charge < -0.3 is 15.0 Å². The molecule has 1 heterocycles. The van der Waals surface area contributed by atoms with Crippen LogP contribution in [0.3, 0.4) is 0 Å². The van der Waals surface area contributed by atoms with Crippen LogP contribution in [-0.2, 0) is 4.74 Å². The fraction of sp³-hybridized carbons (Fsp3) is 1.00. The molecule has 1 aliphatic heterocycles. The van der Waals surface area contributed by atoms with Crippen LogP contribution >= 0.6 is 0 Å². The van der Waals surface area contributed by atoms with E-state index >= 15 is 0 Å². The van der Waals surface area contributed by atoms with E-state index in [2.05, 4.69) is 24.2 Å². The Labute approximate surface area is 81.4 Å². The van der Waals surface area contributed by atoms with Crippen molar-refractivity contribution in [3.05, 3.63) is 0 Å². The lowest BCUT2D eigenvalue weighted by Crippen LogP contribution is -2.34. The second kappa shape index (κ2) is 5.58. The second-order valence-electron chi connectivity index (χ2n) is 4.18. The summed E-state index contributed by atoms with van der Waals surface area (Å²) in [5.41, 5.74) is 0. The van der Waals surface area contributed by atoms with Crippen molar-refractivity contribution in [3.63, 3.8) is 0 Å². The molecule has 0 saturated carbocycles. The molecule has 0 aromatic rings. The Morgan fingerprint density at radius 1 is 1.62 bits per heavy atom. The van der Waals surface area contributed by atoms with E-state index in [1.165, 1.54) is 19.5 Å². The molecule has 2 unspecified atom stereocenters. The van der Waals surface area contributed by atoms with Crippen LogP contribution in [0.2, 0.25) is 0 Å². The zero-order valence-corrected chi connectivity index (χ0v) is 9.05. The Morgan fingerprint density at radius 2 is 2.38 bits per heavy atom. The Hall–Kier alpha value is -0.120. The van der Waals surface area contributed by atoms with Crippen LogP contribution in [0.15, 0.2) is 0 Å². The third kappa shape index (κ3) is 4.07. The van der Waals surface area contributed by atoms with Gasteiger partial charge in [-0.05, 0) is 39.4 Å². The van der Waals surface area contributed by atoms with Gasteiger partial charge in [-0.15, -0.1) is 0 Å². The van der Waals surface area contributed by atoms with E-state index in [0.717, 1.165) is 19.1 Å². The molecule has 1 saturated heterocycles. The fourth-order valence-electron chi connectivity index (χ4n) is 1.87. The van der Waals surface area contributed by atoms with Crippen molar-refractivity contribution in [2.24, 2.45) is 5.92 Å². The average molecular weight is 186 g/mol. The molecule has 1 fully saturated rings. The first-order valence-electron chi connectivity index (χ1n) is 5.13. The highest BCUT2D eigenvalue weighted by molar-refractivity contribution is 4.75. The summed E-state index contributed by atoms with van der Waals surface area (Å²) in [7, 11) is 3.94. The lowest BCUT2D eigenvalue weighted by Gasteiger charge is -2.16. The third-order valence-corrected chi connectivity index (χ3v) is 2.66. The molecule has 2 atom stereocenters. The van der Waals surface area contributed by atoms with Gasteiger partial charge in [0.25, 0.3) is 0 Å². The third-order valence-electron chi connectivity index (χ3n) is 2.66. The van der Waals surface area contributed by atoms with Crippen molar-refractivity contribution in [3.8, 4) is 0 Å². The number of rotatable bonds is 5. The smallest absolute Gasteiger partial charge is 0.0613 e. The maximum Gasteiger partial charge on any atom is 0.0613 e. The highest BCUT2D eigenvalue weighted by Crippen LogP contribution is 2.12. The van der Waals surface area contributed by atoms with Gasteiger partial charge >= 0.3 is 0 Å². The van der Waals surface area contributed by atoms with Gasteiger partial charge in [0.05, 0.1) is 6.61 Å². The first-order chi connectivity index (χ1) is 6.22. The van der Waals surface area contributed by atoms with Gasteiger partial charge in [-0.1, -0.05) is 0 Å². The van der Waals surface area contributed by atoms with E-state index < -0.39 is 0 Å². The van der Waals surface area contributed by atoms with Crippen LogP contribution in [0, 0.1) is 5.92 Å². The molecule has 1 aliphatic rings. The van der Waals surface area contributed by atoms with Gasteiger partial charge in [0.2, 0.25) is 0 Å². The normalized spacial score (nSPS) is 26.5. The van der Waals surface area contributed by atoms with Gasteiger partial charge in [0, 0.05) is 19.7 Å². The molecule has 3 nitrogen and oxygen atoms in total. The van der Waals surface area contributed by atoms with E-state index in [-0.39, 0.29) is 0 Å². The largest absolute Gasteiger partial charge is 0.383 e. The number of nitrogens with one attached hydrogen (secondary N) is 1. The number of nitrogens with zero attached hydrogens (tertiary/aromatic N) is 1. The van der Waals surface area contributed by atoms with E-state index in [1.807, 2.05) is 0 Å². The first-order valence-corrected chi connectivity index (χ1v) is 5.13.